The summed E-state index contributed by atoms with van der Waals surface area (Å²) in [6, 6.07) is 0. The van der Waals surface area contributed by atoms with Crippen molar-refractivity contribution in [2.24, 2.45) is 0 Å². The first-order valence-corrected chi connectivity index (χ1v) is 13.7. The first-order chi connectivity index (χ1) is 13.7. The fraction of sp³-hybridized carbons (Fsp3) is 1.00. The van der Waals surface area contributed by atoms with Gasteiger partial charge in [-0.3, -0.25) is 0 Å². The van der Waals surface area contributed by atoms with E-state index in [-0.39, 0.29) is 12.4 Å². The third kappa shape index (κ3) is 7.86. The van der Waals surface area contributed by atoms with Crippen LogP contribution in [0.15, 0.2) is 0 Å². The van der Waals surface area contributed by atoms with Crippen LogP contribution < -0.4 is 12.4 Å². The maximum absolute atomic E-state index is 5.80. The largest absolute Gasteiger partial charge is 1.00 e. The molecular weight excluding hydrogens is 403 g/mol. The van der Waals surface area contributed by atoms with Gasteiger partial charge in [-0.1, -0.05) is 40.0 Å². The third-order valence-electron chi connectivity index (χ3n) is 5.91. The summed E-state index contributed by atoms with van der Waals surface area (Å²) in [6.45, 7) is 25.1. The van der Waals surface area contributed by atoms with Crippen LogP contribution in [0.3, 0.4) is 0 Å². The van der Waals surface area contributed by atoms with E-state index in [2.05, 4.69) is 60.2 Å². The van der Waals surface area contributed by atoms with Crippen LogP contribution in [0.1, 0.15) is 80.1 Å². The standard InChI is InChI=1S/C22H50N4OP.ClH/c1-7-13-16-23(10-4)28(24(11-5)17-14-8-2,25(12-6)18-15-9-3)26-19-21-27-22-20-26;/h7-22H2,1-6H3;1H/q+1;/p-1. The Hall–Kier alpha value is 0.520. The van der Waals surface area contributed by atoms with Crippen LogP contribution in [0.5, 0.6) is 0 Å². The molecule has 1 fully saturated rings. The SMILES string of the molecule is CCCCN(CC)[P+](N(CC)CCCC)(N(CC)CCCC)N1CCOCC1.[Cl-]. The summed E-state index contributed by atoms with van der Waals surface area (Å²) in [5.41, 5.74) is 0. The second-order valence-electron chi connectivity index (χ2n) is 7.80. The first-order valence-electron chi connectivity index (χ1n) is 12.1. The molecule has 5 nitrogen and oxygen atoms in total. The number of hydrogen-bond donors (Lipinski definition) is 0. The molecule has 0 bridgehead atoms. The molecule has 0 aliphatic carbocycles. The second-order valence-corrected chi connectivity index (χ2v) is 11.1. The fourth-order valence-corrected chi connectivity index (χ4v) is 9.58. The summed E-state index contributed by atoms with van der Waals surface area (Å²) >= 11 is 0. The average molecular weight is 453 g/mol. The molecule has 0 spiro atoms. The molecule has 0 saturated carbocycles. The number of morpholine rings is 1. The lowest BCUT2D eigenvalue weighted by atomic mass is 10.3. The Kier molecular flexibility index (Phi) is 17.4. The van der Waals surface area contributed by atoms with Gasteiger partial charge < -0.3 is 17.1 Å². The molecule has 0 aromatic rings. The smallest absolute Gasteiger partial charge is 0.308 e. The van der Waals surface area contributed by atoms with Crippen molar-refractivity contribution in [1.82, 2.24) is 18.7 Å². The highest BCUT2D eigenvalue weighted by molar-refractivity contribution is 7.66. The van der Waals surface area contributed by atoms with Crippen molar-refractivity contribution in [2.75, 3.05) is 65.6 Å². The van der Waals surface area contributed by atoms with Gasteiger partial charge in [0, 0.05) is 39.3 Å². The van der Waals surface area contributed by atoms with E-state index in [9.17, 15) is 0 Å². The van der Waals surface area contributed by atoms with Gasteiger partial charge in [0.25, 0.3) is 0 Å². The monoisotopic (exact) mass is 452 g/mol. The van der Waals surface area contributed by atoms with E-state index in [0.29, 0.717) is 0 Å². The van der Waals surface area contributed by atoms with Crippen molar-refractivity contribution in [1.29, 1.82) is 0 Å². The van der Waals surface area contributed by atoms with Gasteiger partial charge in [-0.05, 0) is 40.0 Å². The fourth-order valence-electron chi connectivity index (χ4n) is 4.36. The summed E-state index contributed by atoms with van der Waals surface area (Å²) in [5.74, 6) is 0. The summed E-state index contributed by atoms with van der Waals surface area (Å²) in [6.07, 6.45) is 7.66. The Bertz CT molecular complexity index is 345. The zero-order chi connectivity index (χ0) is 20.8. The number of hydrogen-bond acceptors (Lipinski definition) is 5. The van der Waals surface area contributed by atoms with E-state index >= 15 is 0 Å². The lowest BCUT2D eigenvalue weighted by Crippen LogP contribution is -3.00. The summed E-state index contributed by atoms with van der Waals surface area (Å²) in [5, 5.41) is 0. The number of ether oxygens (including phenoxy) is 1. The second kappa shape index (κ2) is 17.1. The molecule has 29 heavy (non-hydrogen) atoms. The van der Waals surface area contributed by atoms with E-state index in [1.54, 1.807) is 0 Å². The molecule has 0 amide bonds. The highest BCUT2D eigenvalue weighted by atomic mass is 35.5. The molecule has 1 rings (SSSR count). The average Bonchev–Trinajstić information content (AvgIpc) is 2.74. The lowest BCUT2D eigenvalue weighted by molar-refractivity contribution is -0.00000727. The summed E-state index contributed by atoms with van der Waals surface area (Å²) in [7, 11) is -1.74. The molecule has 0 aromatic heterocycles. The van der Waals surface area contributed by atoms with Crippen LogP contribution in [0.4, 0.5) is 0 Å². The van der Waals surface area contributed by atoms with Crippen LogP contribution >= 0.6 is 7.87 Å². The van der Waals surface area contributed by atoms with E-state index < -0.39 is 7.87 Å². The van der Waals surface area contributed by atoms with Crippen LogP contribution in [0, 0.1) is 0 Å². The maximum atomic E-state index is 5.80. The predicted octanol–water partition coefficient (Wildman–Crippen LogP) is 2.37. The number of halogens is 1. The zero-order valence-electron chi connectivity index (χ0n) is 20.3. The van der Waals surface area contributed by atoms with Crippen molar-refractivity contribution < 1.29 is 17.1 Å². The highest BCUT2D eigenvalue weighted by Crippen LogP contribution is 2.70. The van der Waals surface area contributed by atoms with Crippen molar-refractivity contribution in [3.63, 3.8) is 0 Å². The molecular formula is C22H50ClN4OP. The molecule has 176 valence electrons. The normalized spacial score (nSPS) is 16.0. The lowest BCUT2D eigenvalue weighted by Gasteiger charge is -2.52. The minimum absolute atomic E-state index is 0. The van der Waals surface area contributed by atoms with Gasteiger partial charge in [0.2, 0.25) is 0 Å². The zero-order valence-corrected chi connectivity index (χ0v) is 22.0. The van der Waals surface area contributed by atoms with Crippen LogP contribution in [-0.2, 0) is 4.74 Å². The molecule has 1 heterocycles. The molecule has 1 aliphatic heterocycles. The molecule has 1 aliphatic rings. The molecule has 0 radical (unpaired) electrons. The Morgan fingerprint density at radius 2 is 1.00 bits per heavy atom. The van der Waals surface area contributed by atoms with Gasteiger partial charge in [0.15, 0.2) is 0 Å². The quantitative estimate of drug-likeness (QED) is 0.334. The van der Waals surface area contributed by atoms with Gasteiger partial charge in [-0.2, -0.15) is 0 Å². The van der Waals surface area contributed by atoms with Gasteiger partial charge >= 0.3 is 7.87 Å². The molecule has 0 N–H and O–H groups in total. The van der Waals surface area contributed by atoms with Gasteiger partial charge in [0.05, 0.1) is 26.3 Å². The van der Waals surface area contributed by atoms with Crippen LogP contribution in [0.25, 0.3) is 0 Å². The maximum Gasteiger partial charge on any atom is 0.308 e. The Morgan fingerprint density at radius 3 is 1.28 bits per heavy atom. The van der Waals surface area contributed by atoms with Gasteiger partial charge in [-0.15, -0.1) is 18.7 Å². The number of unbranched alkanes of at least 4 members (excludes halogenated alkanes) is 3. The van der Waals surface area contributed by atoms with E-state index in [4.69, 9.17) is 4.74 Å². The highest BCUT2D eigenvalue weighted by Gasteiger charge is 2.60. The van der Waals surface area contributed by atoms with Crippen molar-refractivity contribution in [3.05, 3.63) is 0 Å². The van der Waals surface area contributed by atoms with Gasteiger partial charge in [0.1, 0.15) is 0 Å². The van der Waals surface area contributed by atoms with E-state index in [1.165, 1.54) is 58.2 Å². The molecule has 7 heteroatoms. The molecule has 0 aromatic carbocycles. The van der Waals surface area contributed by atoms with Crippen LogP contribution in [-0.4, -0.2) is 84.3 Å². The molecule has 1 saturated heterocycles. The topological polar surface area (TPSA) is 22.2 Å². The summed E-state index contributed by atoms with van der Waals surface area (Å²) < 4.78 is 17.3. The predicted molar refractivity (Wildman–Crippen MR) is 126 cm³/mol. The third-order valence-corrected chi connectivity index (χ3v) is 10.8. The van der Waals surface area contributed by atoms with E-state index in [0.717, 1.165) is 45.9 Å². The van der Waals surface area contributed by atoms with E-state index in [1.807, 2.05) is 0 Å². The van der Waals surface area contributed by atoms with Crippen LogP contribution in [0.2, 0.25) is 0 Å². The first kappa shape index (κ1) is 29.5. The molecule has 0 atom stereocenters. The Morgan fingerprint density at radius 1 is 0.655 bits per heavy atom. The summed E-state index contributed by atoms with van der Waals surface area (Å²) in [4.78, 5) is 0. The van der Waals surface area contributed by atoms with Crippen molar-refractivity contribution in [2.45, 2.75) is 80.1 Å². The minimum Gasteiger partial charge on any atom is -1.00 e. The van der Waals surface area contributed by atoms with Crippen molar-refractivity contribution >= 4 is 7.87 Å². The number of nitrogens with zero attached hydrogens (tertiary/aromatic N) is 4. The van der Waals surface area contributed by atoms with Crippen molar-refractivity contribution in [3.8, 4) is 0 Å². The minimum atomic E-state index is -1.74. The molecule has 0 unspecified atom stereocenters. The Balaban J connectivity index is 0.00000784. The number of rotatable bonds is 16. The Labute approximate surface area is 189 Å². The van der Waals surface area contributed by atoms with Gasteiger partial charge in [-0.25, -0.2) is 0 Å².